The Hall–Kier alpha value is -3.28. The second-order valence-electron chi connectivity index (χ2n) is 7.42. The molecular weight excluding hydrogens is 348 g/mol. The summed E-state index contributed by atoms with van der Waals surface area (Å²) in [4.78, 5) is 14.4. The van der Waals surface area contributed by atoms with Crippen molar-refractivity contribution >= 4 is 28.5 Å². The van der Waals surface area contributed by atoms with E-state index in [0.29, 0.717) is 12.1 Å². The lowest BCUT2D eigenvalue weighted by Crippen LogP contribution is -2.21. The van der Waals surface area contributed by atoms with Crippen molar-refractivity contribution in [1.29, 1.82) is 0 Å². The van der Waals surface area contributed by atoms with Gasteiger partial charge < -0.3 is 20.5 Å². The maximum atomic E-state index is 4.53. The second-order valence-corrected chi connectivity index (χ2v) is 7.42. The van der Waals surface area contributed by atoms with Crippen LogP contribution in [0.4, 0.5) is 17.3 Å². The Labute approximate surface area is 164 Å². The zero-order chi connectivity index (χ0) is 18.8. The lowest BCUT2D eigenvalue weighted by Gasteiger charge is -2.21. The molecule has 142 valence electrons. The van der Waals surface area contributed by atoms with Crippen molar-refractivity contribution < 1.29 is 0 Å². The Kier molecular flexibility index (Phi) is 4.45. The fourth-order valence-electron chi connectivity index (χ4n) is 3.99. The average molecular weight is 372 g/mol. The highest BCUT2D eigenvalue weighted by Crippen LogP contribution is 2.27. The first-order valence-corrected chi connectivity index (χ1v) is 9.87. The number of nitrogens with one attached hydrogen (secondary N) is 3. The summed E-state index contributed by atoms with van der Waals surface area (Å²) in [6.07, 6.45) is 13.6. The van der Waals surface area contributed by atoms with Crippen LogP contribution in [-0.4, -0.2) is 33.6 Å². The van der Waals surface area contributed by atoms with Gasteiger partial charge in [0, 0.05) is 42.4 Å². The number of hydrogen-bond donors (Lipinski definition) is 3. The van der Waals surface area contributed by atoms with Crippen molar-refractivity contribution in [2.45, 2.75) is 31.3 Å². The van der Waals surface area contributed by atoms with Crippen molar-refractivity contribution in [3.05, 3.63) is 67.0 Å². The maximum absolute atomic E-state index is 4.53. The molecule has 1 aliphatic heterocycles. The first-order chi connectivity index (χ1) is 13.8. The molecule has 0 spiro atoms. The molecule has 2 aliphatic rings. The SMILES string of the molecule is C1=CCN(c2ccc(N[C@H]3CC[C@H](Nc4nc5ncccc5[nH]4)C3)cc2)C=C1. The van der Waals surface area contributed by atoms with Crippen molar-refractivity contribution in [2.24, 2.45) is 0 Å². The lowest BCUT2D eigenvalue weighted by molar-refractivity contribution is 0.721. The minimum absolute atomic E-state index is 0.419. The Bertz CT molecular complexity index is 970. The molecule has 3 N–H and O–H groups in total. The molecule has 3 heterocycles. The van der Waals surface area contributed by atoms with Crippen LogP contribution in [0.2, 0.25) is 0 Å². The normalized spacial score (nSPS) is 21.4. The molecule has 6 heteroatoms. The van der Waals surface area contributed by atoms with E-state index in [0.717, 1.165) is 42.9 Å². The van der Waals surface area contributed by atoms with Gasteiger partial charge in [-0.3, -0.25) is 0 Å². The van der Waals surface area contributed by atoms with Crippen LogP contribution in [0, 0.1) is 0 Å². The highest BCUT2D eigenvalue weighted by molar-refractivity contribution is 5.72. The highest BCUT2D eigenvalue weighted by Gasteiger charge is 2.25. The number of anilines is 3. The van der Waals surface area contributed by atoms with E-state index < -0.39 is 0 Å². The van der Waals surface area contributed by atoms with E-state index in [1.165, 1.54) is 11.4 Å². The maximum Gasteiger partial charge on any atom is 0.202 e. The number of benzene rings is 1. The minimum atomic E-state index is 0.419. The van der Waals surface area contributed by atoms with Gasteiger partial charge in [-0.1, -0.05) is 12.2 Å². The van der Waals surface area contributed by atoms with Gasteiger partial charge >= 0.3 is 0 Å². The zero-order valence-electron chi connectivity index (χ0n) is 15.7. The zero-order valence-corrected chi connectivity index (χ0v) is 15.7. The number of pyridine rings is 1. The third-order valence-corrected chi connectivity index (χ3v) is 5.42. The molecule has 28 heavy (non-hydrogen) atoms. The summed E-state index contributed by atoms with van der Waals surface area (Å²) in [5, 5.41) is 7.21. The van der Waals surface area contributed by atoms with Gasteiger partial charge in [0.15, 0.2) is 5.65 Å². The van der Waals surface area contributed by atoms with Crippen molar-refractivity contribution in [2.75, 3.05) is 22.1 Å². The fraction of sp³-hybridized carbons (Fsp3) is 0.273. The summed E-state index contributed by atoms with van der Waals surface area (Å²) in [5.74, 6) is 0.812. The van der Waals surface area contributed by atoms with Gasteiger partial charge in [0.2, 0.25) is 5.95 Å². The topological polar surface area (TPSA) is 68.9 Å². The third-order valence-electron chi connectivity index (χ3n) is 5.42. The van der Waals surface area contributed by atoms with Crippen molar-refractivity contribution in [3.63, 3.8) is 0 Å². The quantitative estimate of drug-likeness (QED) is 0.623. The first kappa shape index (κ1) is 16.9. The molecule has 5 rings (SSSR count). The molecule has 1 fully saturated rings. The molecule has 2 atom stereocenters. The van der Waals surface area contributed by atoms with Crippen LogP contribution in [-0.2, 0) is 0 Å². The van der Waals surface area contributed by atoms with Gasteiger partial charge in [0.25, 0.3) is 0 Å². The van der Waals surface area contributed by atoms with E-state index in [9.17, 15) is 0 Å². The van der Waals surface area contributed by atoms with Crippen molar-refractivity contribution in [1.82, 2.24) is 15.0 Å². The summed E-state index contributed by atoms with van der Waals surface area (Å²) < 4.78 is 0. The molecule has 0 radical (unpaired) electrons. The predicted octanol–water partition coefficient (Wildman–Crippen LogP) is 4.29. The number of imidazole rings is 1. The van der Waals surface area contributed by atoms with Crippen LogP contribution < -0.4 is 15.5 Å². The Morgan fingerprint density at radius 1 is 1.00 bits per heavy atom. The Morgan fingerprint density at radius 2 is 1.86 bits per heavy atom. The predicted molar refractivity (Wildman–Crippen MR) is 115 cm³/mol. The Balaban J connectivity index is 1.17. The van der Waals surface area contributed by atoms with E-state index in [-0.39, 0.29) is 0 Å². The van der Waals surface area contributed by atoms with Crippen LogP contribution in [0.5, 0.6) is 0 Å². The first-order valence-electron chi connectivity index (χ1n) is 9.87. The largest absolute Gasteiger partial charge is 0.382 e. The molecule has 0 unspecified atom stereocenters. The van der Waals surface area contributed by atoms with E-state index in [1.807, 2.05) is 12.1 Å². The fourth-order valence-corrected chi connectivity index (χ4v) is 3.99. The van der Waals surface area contributed by atoms with Gasteiger partial charge in [0.1, 0.15) is 0 Å². The summed E-state index contributed by atoms with van der Waals surface area (Å²) in [6, 6.07) is 13.5. The van der Waals surface area contributed by atoms with Gasteiger partial charge in [-0.2, -0.15) is 4.98 Å². The molecule has 3 aromatic rings. The smallest absolute Gasteiger partial charge is 0.202 e. The second kappa shape index (κ2) is 7.38. The number of nitrogens with zero attached hydrogens (tertiary/aromatic N) is 3. The highest BCUT2D eigenvalue weighted by atomic mass is 15.2. The van der Waals surface area contributed by atoms with Crippen molar-refractivity contribution in [3.8, 4) is 0 Å². The van der Waals surface area contributed by atoms with E-state index >= 15 is 0 Å². The minimum Gasteiger partial charge on any atom is -0.382 e. The molecule has 1 aliphatic carbocycles. The van der Waals surface area contributed by atoms with Crippen LogP contribution in [0.15, 0.2) is 67.0 Å². The summed E-state index contributed by atoms with van der Waals surface area (Å²) in [7, 11) is 0. The number of rotatable bonds is 5. The van der Waals surface area contributed by atoms with Gasteiger partial charge in [-0.25, -0.2) is 4.98 Å². The molecule has 2 aromatic heterocycles. The summed E-state index contributed by atoms with van der Waals surface area (Å²) in [5.41, 5.74) is 4.13. The number of aromatic nitrogens is 3. The number of fused-ring (bicyclic) bond motifs is 1. The molecule has 6 nitrogen and oxygen atoms in total. The lowest BCUT2D eigenvalue weighted by atomic mass is 10.2. The van der Waals surface area contributed by atoms with E-state index in [1.54, 1.807) is 6.20 Å². The van der Waals surface area contributed by atoms with Gasteiger partial charge in [-0.15, -0.1) is 0 Å². The van der Waals surface area contributed by atoms with Crippen LogP contribution >= 0.6 is 0 Å². The monoisotopic (exact) mass is 372 g/mol. The third kappa shape index (κ3) is 3.58. The van der Waals surface area contributed by atoms with Gasteiger partial charge in [-0.05, 0) is 61.7 Å². The Morgan fingerprint density at radius 3 is 2.64 bits per heavy atom. The van der Waals surface area contributed by atoms with E-state index in [4.69, 9.17) is 0 Å². The molecular formula is C22H24N6. The van der Waals surface area contributed by atoms with E-state index in [2.05, 4.69) is 79.2 Å². The molecule has 1 aromatic carbocycles. The molecule has 1 saturated carbocycles. The number of aromatic amines is 1. The number of hydrogen-bond acceptors (Lipinski definition) is 5. The number of allylic oxidation sites excluding steroid dienone is 2. The standard InChI is InChI=1S/C22H24N6/c1-2-13-28(14-3-1)19-10-8-16(9-11-19)24-17-6-7-18(15-17)25-22-26-20-5-4-12-23-21(20)27-22/h1-5,8-13,17-18,24H,6-7,14-15H2,(H2,23,25,26,27)/t17-,18-/m0/s1. The average Bonchev–Trinajstić information content (AvgIpc) is 3.35. The van der Waals surface area contributed by atoms with Crippen LogP contribution in [0.25, 0.3) is 11.2 Å². The summed E-state index contributed by atoms with van der Waals surface area (Å²) in [6.45, 7) is 0.927. The number of H-pyrrole nitrogens is 1. The molecule has 0 bridgehead atoms. The van der Waals surface area contributed by atoms with Crippen LogP contribution in [0.1, 0.15) is 19.3 Å². The molecule has 0 saturated heterocycles. The molecule has 0 amide bonds. The van der Waals surface area contributed by atoms with Crippen LogP contribution in [0.3, 0.4) is 0 Å². The van der Waals surface area contributed by atoms with Gasteiger partial charge in [0.05, 0.1) is 5.52 Å². The summed E-state index contributed by atoms with van der Waals surface area (Å²) >= 11 is 0.